The minimum absolute atomic E-state index is 0.0281. The highest BCUT2D eigenvalue weighted by molar-refractivity contribution is 7.92. The van der Waals surface area contributed by atoms with Crippen LogP contribution in [0, 0.1) is 0 Å². The molecule has 112 valence electrons. The van der Waals surface area contributed by atoms with Crippen molar-refractivity contribution in [1.29, 1.82) is 0 Å². The monoisotopic (exact) mass is 325 g/mol. The fourth-order valence-corrected chi connectivity index (χ4v) is 4.68. The zero-order valence-corrected chi connectivity index (χ0v) is 13.1. The molecule has 0 radical (unpaired) electrons. The third-order valence-corrected chi connectivity index (χ3v) is 6.42. The molecule has 0 saturated carbocycles. The second-order valence-corrected chi connectivity index (χ2v) is 8.00. The summed E-state index contributed by atoms with van der Waals surface area (Å²) in [6.07, 6.45) is 3.40. The molecular weight excluding hydrogens is 310 g/mol. The highest BCUT2D eigenvalue weighted by Crippen LogP contribution is 2.23. The molecule has 2 aromatic heterocycles. The van der Waals surface area contributed by atoms with E-state index in [2.05, 4.69) is 4.98 Å². The van der Waals surface area contributed by atoms with Gasteiger partial charge in [0.25, 0.3) is 0 Å². The fourth-order valence-electron chi connectivity index (χ4n) is 2.29. The number of thiophene rings is 1. The first-order chi connectivity index (χ1) is 9.98. The van der Waals surface area contributed by atoms with Crippen LogP contribution in [0.3, 0.4) is 0 Å². The van der Waals surface area contributed by atoms with E-state index in [0.717, 1.165) is 5.56 Å². The number of carbonyl (C=O) groups excluding carboxylic acids is 1. The van der Waals surface area contributed by atoms with E-state index in [9.17, 15) is 13.2 Å². The van der Waals surface area contributed by atoms with Crippen LogP contribution in [0.1, 0.15) is 5.56 Å². The molecule has 1 amide bonds. The molecule has 1 fully saturated rings. The van der Waals surface area contributed by atoms with Crippen LogP contribution in [0.15, 0.2) is 34.4 Å². The highest BCUT2D eigenvalue weighted by atomic mass is 32.2. The molecule has 3 heterocycles. The smallest absolute Gasteiger partial charge is 0.227 e. The van der Waals surface area contributed by atoms with Crippen LogP contribution in [0.2, 0.25) is 0 Å². The van der Waals surface area contributed by atoms with Crippen molar-refractivity contribution in [1.82, 2.24) is 14.5 Å². The Morgan fingerprint density at radius 1 is 1.48 bits per heavy atom. The number of amides is 1. The number of carbonyl (C=O) groups is 1. The van der Waals surface area contributed by atoms with Gasteiger partial charge in [0.2, 0.25) is 20.9 Å². The lowest BCUT2D eigenvalue weighted by Crippen LogP contribution is -2.57. The van der Waals surface area contributed by atoms with E-state index in [1.807, 2.05) is 16.8 Å². The molecule has 1 aliphatic rings. The molecule has 1 saturated heterocycles. The molecule has 0 spiro atoms. The number of aryl methyl sites for hydroxylation is 1. The Hall–Kier alpha value is -1.67. The summed E-state index contributed by atoms with van der Waals surface area (Å²) < 4.78 is 26.2. The van der Waals surface area contributed by atoms with Crippen LogP contribution < -0.4 is 0 Å². The summed E-state index contributed by atoms with van der Waals surface area (Å²) >= 11 is 1.55. The van der Waals surface area contributed by atoms with Crippen molar-refractivity contribution < 1.29 is 13.2 Å². The number of sulfone groups is 1. The van der Waals surface area contributed by atoms with Crippen molar-refractivity contribution in [3.8, 4) is 0 Å². The Kier molecular flexibility index (Phi) is 3.58. The van der Waals surface area contributed by atoms with Crippen molar-refractivity contribution in [2.75, 3.05) is 13.1 Å². The van der Waals surface area contributed by atoms with Gasteiger partial charge in [0.15, 0.2) is 0 Å². The number of hydrogen-bond acceptors (Lipinski definition) is 5. The van der Waals surface area contributed by atoms with Crippen LogP contribution in [0.25, 0.3) is 0 Å². The first-order valence-corrected chi connectivity index (χ1v) is 8.97. The first kappa shape index (κ1) is 14.3. The second-order valence-electron chi connectivity index (χ2n) is 5.09. The van der Waals surface area contributed by atoms with E-state index in [0.29, 0.717) is 6.42 Å². The van der Waals surface area contributed by atoms with Crippen molar-refractivity contribution in [2.45, 2.75) is 16.8 Å². The molecule has 2 aromatic rings. The predicted octanol–water partition coefficient (Wildman–Crippen LogP) is 0.709. The van der Waals surface area contributed by atoms with Gasteiger partial charge in [-0.15, -0.1) is 0 Å². The van der Waals surface area contributed by atoms with Gasteiger partial charge in [-0.3, -0.25) is 4.79 Å². The number of aromatic nitrogens is 2. The van der Waals surface area contributed by atoms with E-state index < -0.39 is 15.1 Å². The van der Waals surface area contributed by atoms with Crippen LogP contribution in [-0.4, -0.2) is 47.1 Å². The van der Waals surface area contributed by atoms with E-state index in [1.54, 1.807) is 29.5 Å². The second kappa shape index (κ2) is 5.27. The van der Waals surface area contributed by atoms with E-state index in [4.69, 9.17) is 0 Å². The molecule has 0 N–H and O–H groups in total. The molecular formula is C13H15N3O3S2. The molecule has 0 aromatic carbocycles. The van der Waals surface area contributed by atoms with Crippen molar-refractivity contribution >= 4 is 27.1 Å². The summed E-state index contributed by atoms with van der Waals surface area (Å²) in [7, 11) is -1.81. The topological polar surface area (TPSA) is 72.3 Å². The maximum atomic E-state index is 12.4. The average molecular weight is 325 g/mol. The van der Waals surface area contributed by atoms with Gasteiger partial charge < -0.3 is 9.47 Å². The van der Waals surface area contributed by atoms with Crippen LogP contribution >= 0.6 is 11.3 Å². The zero-order chi connectivity index (χ0) is 15.0. The number of nitrogens with zero attached hydrogens (tertiary/aromatic N) is 3. The quantitative estimate of drug-likeness (QED) is 0.830. The van der Waals surface area contributed by atoms with Crippen LogP contribution in [-0.2, 0) is 28.1 Å². The van der Waals surface area contributed by atoms with Gasteiger partial charge in [-0.25, -0.2) is 13.4 Å². The Morgan fingerprint density at radius 2 is 2.24 bits per heavy atom. The molecule has 21 heavy (non-hydrogen) atoms. The maximum absolute atomic E-state index is 12.4. The lowest BCUT2D eigenvalue weighted by atomic mass is 10.1. The Balaban J connectivity index is 1.63. The normalized spacial score (nSPS) is 16.0. The minimum atomic E-state index is -3.46. The van der Waals surface area contributed by atoms with Gasteiger partial charge in [0.1, 0.15) is 5.25 Å². The molecule has 0 atom stereocenters. The third-order valence-electron chi connectivity index (χ3n) is 3.61. The summed E-state index contributed by atoms with van der Waals surface area (Å²) in [5, 5.41) is 3.37. The Morgan fingerprint density at radius 3 is 2.81 bits per heavy atom. The summed E-state index contributed by atoms with van der Waals surface area (Å²) in [6.45, 7) is 0.496. The standard InChI is InChI=1S/C13H15N3O3S2/c1-15-4-3-14-13(15)21(18,19)11-7-16(8-11)12(17)6-10-2-5-20-9-10/h2-5,9,11H,6-8H2,1H3. The molecule has 8 heteroatoms. The number of imidazole rings is 1. The van der Waals surface area contributed by atoms with Gasteiger partial charge in [0.05, 0.1) is 6.42 Å². The molecule has 0 unspecified atom stereocenters. The molecule has 6 nitrogen and oxygen atoms in total. The van der Waals surface area contributed by atoms with Crippen LogP contribution in [0.5, 0.6) is 0 Å². The summed E-state index contributed by atoms with van der Waals surface area (Å²) in [4.78, 5) is 17.5. The zero-order valence-electron chi connectivity index (χ0n) is 11.5. The molecule has 3 rings (SSSR count). The van der Waals surface area contributed by atoms with Crippen molar-refractivity contribution in [2.24, 2.45) is 7.05 Å². The van der Waals surface area contributed by atoms with Gasteiger partial charge >= 0.3 is 0 Å². The van der Waals surface area contributed by atoms with Crippen molar-refractivity contribution in [3.05, 3.63) is 34.8 Å². The fraction of sp³-hybridized carbons (Fsp3) is 0.385. The maximum Gasteiger partial charge on any atom is 0.227 e. The van der Waals surface area contributed by atoms with Gasteiger partial charge in [-0.05, 0) is 22.4 Å². The predicted molar refractivity (Wildman–Crippen MR) is 78.8 cm³/mol. The summed E-state index contributed by atoms with van der Waals surface area (Å²) in [5.74, 6) is -0.0281. The highest BCUT2D eigenvalue weighted by Gasteiger charge is 2.42. The Labute approximate surface area is 126 Å². The van der Waals surface area contributed by atoms with E-state index >= 15 is 0 Å². The summed E-state index contributed by atoms with van der Waals surface area (Å²) in [5.41, 5.74) is 0.973. The number of likely N-dealkylation sites (tertiary alicyclic amines) is 1. The third kappa shape index (κ3) is 2.60. The van der Waals surface area contributed by atoms with Crippen molar-refractivity contribution in [3.63, 3.8) is 0 Å². The summed E-state index contributed by atoms with van der Waals surface area (Å²) in [6, 6.07) is 1.91. The molecule has 1 aliphatic heterocycles. The van der Waals surface area contributed by atoms with Gasteiger partial charge in [-0.2, -0.15) is 11.3 Å². The lowest BCUT2D eigenvalue weighted by molar-refractivity contribution is -0.133. The Bertz CT molecular complexity index is 743. The molecule has 0 bridgehead atoms. The van der Waals surface area contributed by atoms with E-state index in [1.165, 1.54) is 10.8 Å². The average Bonchev–Trinajstić information content (AvgIpc) is 2.97. The largest absolute Gasteiger partial charge is 0.340 e. The van der Waals surface area contributed by atoms with Gasteiger partial charge in [0, 0.05) is 32.5 Å². The SMILES string of the molecule is Cn1ccnc1S(=O)(=O)C1CN(C(=O)Cc2ccsc2)C1. The van der Waals surface area contributed by atoms with Crippen LogP contribution in [0.4, 0.5) is 0 Å². The number of hydrogen-bond donors (Lipinski definition) is 0. The first-order valence-electron chi connectivity index (χ1n) is 6.48. The lowest BCUT2D eigenvalue weighted by Gasteiger charge is -2.38. The number of rotatable bonds is 4. The molecule has 0 aliphatic carbocycles. The van der Waals surface area contributed by atoms with E-state index in [-0.39, 0.29) is 24.2 Å². The minimum Gasteiger partial charge on any atom is -0.340 e. The van der Waals surface area contributed by atoms with Gasteiger partial charge in [-0.1, -0.05) is 0 Å².